The van der Waals surface area contributed by atoms with E-state index in [9.17, 15) is 32.7 Å². The fourth-order valence-corrected chi connectivity index (χ4v) is 3.41. The highest BCUT2D eigenvalue weighted by atomic mass is 19.4. The minimum atomic E-state index is -4.51. The molecule has 1 heterocycles. The van der Waals surface area contributed by atoms with Crippen LogP contribution >= 0.6 is 0 Å². The SMILES string of the molecule is CC(OC(=O)CCCNc1cc(C(F)(F)F)ccc1CN1CCN(C(=O)[O-])CC1)OC(=O)C(C)C. The Hall–Kier alpha value is -3.02. The number of nitrogens with one attached hydrogen (secondary N) is 1. The average molecular weight is 503 g/mol. The van der Waals surface area contributed by atoms with Gasteiger partial charge in [-0.2, -0.15) is 13.2 Å². The van der Waals surface area contributed by atoms with Crippen molar-refractivity contribution in [2.75, 3.05) is 38.0 Å². The first-order valence-electron chi connectivity index (χ1n) is 11.4. The smallest absolute Gasteiger partial charge is 0.416 e. The Balaban J connectivity index is 1.92. The molecule has 9 nitrogen and oxygen atoms in total. The van der Waals surface area contributed by atoms with Crippen molar-refractivity contribution in [2.45, 2.75) is 52.6 Å². The van der Waals surface area contributed by atoms with Gasteiger partial charge in [0.1, 0.15) is 6.09 Å². The molecule has 1 atom stereocenters. The highest BCUT2D eigenvalue weighted by Gasteiger charge is 2.31. The van der Waals surface area contributed by atoms with Crippen LogP contribution in [0.15, 0.2) is 18.2 Å². The molecule has 0 aromatic heterocycles. The predicted molar refractivity (Wildman–Crippen MR) is 118 cm³/mol. The molecule has 1 aromatic carbocycles. The van der Waals surface area contributed by atoms with E-state index in [4.69, 9.17) is 9.47 Å². The summed E-state index contributed by atoms with van der Waals surface area (Å²) in [5.41, 5.74) is 0.108. The van der Waals surface area contributed by atoms with Gasteiger partial charge in [0.25, 0.3) is 0 Å². The van der Waals surface area contributed by atoms with Crippen molar-refractivity contribution in [3.05, 3.63) is 29.3 Å². The first-order chi connectivity index (χ1) is 16.4. The molecule has 1 aromatic rings. The Bertz CT molecular complexity index is 886. The lowest BCUT2D eigenvalue weighted by atomic mass is 10.1. The molecule has 1 aliphatic rings. The molecule has 0 bridgehead atoms. The number of piperazine rings is 1. The Kier molecular flexibility index (Phi) is 10.2. The number of carboxylic acid groups (broad SMARTS) is 1. The maximum atomic E-state index is 13.2. The third kappa shape index (κ3) is 9.27. The van der Waals surface area contributed by atoms with Gasteiger partial charge in [-0.3, -0.25) is 14.5 Å². The zero-order valence-corrected chi connectivity index (χ0v) is 20.0. The number of rotatable bonds is 10. The van der Waals surface area contributed by atoms with Gasteiger partial charge >= 0.3 is 18.1 Å². The largest absolute Gasteiger partial charge is 0.530 e. The van der Waals surface area contributed by atoms with Gasteiger partial charge in [-0.25, -0.2) is 0 Å². The van der Waals surface area contributed by atoms with Crippen molar-refractivity contribution >= 4 is 23.7 Å². The molecule has 1 amide bonds. The number of carbonyl (C=O) groups is 3. The molecule has 1 aliphatic heterocycles. The number of esters is 2. The molecule has 0 radical (unpaired) electrons. The van der Waals surface area contributed by atoms with Crippen LogP contribution in [0, 0.1) is 5.92 Å². The summed E-state index contributed by atoms with van der Waals surface area (Å²) in [6, 6.07) is 3.43. The van der Waals surface area contributed by atoms with Crippen molar-refractivity contribution in [1.29, 1.82) is 0 Å². The number of halogens is 3. The molecule has 0 spiro atoms. The molecule has 2 rings (SSSR count). The van der Waals surface area contributed by atoms with Gasteiger partial charge in [0.15, 0.2) is 0 Å². The minimum absolute atomic E-state index is 0.0178. The standard InChI is InChI=1S/C23H32F3N3O6/c1-15(2)21(31)35-16(3)34-20(30)5-4-8-27-19-13-18(23(24,25)26)7-6-17(19)14-28-9-11-29(12-10-28)22(32)33/h6-7,13,15-16,27H,4-5,8-12,14H2,1-3H3,(H,32,33)/p-1. The second-order valence-electron chi connectivity index (χ2n) is 8.58. The van der Waals surface area contributed by atoms with Crippen LogP contribution in [-0.2, 0) is 31.8 Å². The van der Waals surface area contributed by atoms with E-state index in [2.05, 4.69) is 5.32 Å². The number of hydrogen-bond donors (Lipinski definition) is 1. The van der Waals surface area contributed by atoms with Crippen LogP contribution in [0.5, 0.6) is 0 Å². The van der Waals surface area contributed by atoms with Crippen molar-refractivity contribution in [2.24, 2.45) is 5.92 Å². The minimum Gasteiger partial charge on any atom is -0.530 e. The lowest BCUT2D eigenvalue weighted by Gasteiger charge is -2.36. The topological polar surface area (TPSA) is 111 Å². The second-order valence-corrected chi connectivity index (χ2v) is 8.58. The summed E-state index contributed by atoms with van der Waals surface area (Å²) in [5.74, 6) is -1.45. The third-order valence-corrected chi connectivity index (χ3v) is 5.39. The zero-order valence-electron chi connectivity index (χ0n) is 20.0. The monoisotopic (exact) mass is 502 g/mol. The van der Waals surface area contributed by atoms with Crippen LogP contribution in [0.25, 0.3) is 0 Å². The first kappa shape index (κ1) is 28.2. The molecule has 1 saturated heterocycles. The Labute approximate surface area is 202 Å². The van der Waals surface area contributed by atoms with Crippen LogP contribution in [-0.4, -0.2) is 66.8 Å². The molecule has 0 aliphatic carbocycles. The summed E-state index contributed by atoms with van der Waals surface area (Å²) >= 11 is 0. The highest BCUT2D eigenvalue weighted by Crippen LogP contribution is 2.32. The molecule has 35 heavy (non-hydrogen) atoms. The van der Waals surface area contributed by atoms with E-state index < -0.39 is 36.1 Å². The number of hydrogen-bond acceptors (Lipinski definition) is 8. The fourth-order valence-electron chi connectivity index (χ4n) is 3.41. The van der Waals surface area contributed by atoms with Gasteiger partial charge in [-0.05, 0) is 24.1 Å². The quantitative estimate of drug-likeness (QED) is 0.295. The van der Waals surface area contributed by atoms with E-state index in [1.165, 1.54) is 17.9 Å². The zero-order chi connectivity index (χ0) is 26.2. The van der Waals surface area contributed by atoms with E-state index in [0.717, 1.165) is 12.1 Å². The van der Waals surface area contributed by atoms with Crippen LogP contribution in [0.2, 0.25) is 0 Å². The van der Waals surface area contributed by atoms with Crippen molar-refractivity contribution < 1.29 is 42.1 Å². The fraction of sp³-hybridized carbons (Fsp3) is 0.609. The summed E-state index contributed by atoms with van der Waals surface area (Å²) in [6.07, 6.45) is -6.52. The summed E-state index contributed by atoms with van der Waals surface area (Å²) < 4.78 is 49.7. The maximum absolute atomic E-state index is 13.2. The number of nitrogens with zero attached hydrogens (tertiary/aromatic N) is 2. The molecule has 1 fully saturated rings. The normalized spacial score (nSPS) is 15.6. The lowest BCUT2D eigenvalue weighted by Crippen LogP contribution is -2.52. The number of amides is 1. The number of benzene rings is 1. The lowest BCUT2D eigenvalue weighted by molar-refractivity contribution is -0.266. The molecular formula is C23H31F3N3O6-. The molecule has 1 N–H and O–H groups in total. The van der Waals surface area contributed by atoms with Gasteiger partial charge < -0.3 is 29.6 Å². The number of anilines is 1. The molecular weight excluding hydrogens is 471 g/mol. The van der Waals surface area contributed by atoms with Crippen molar-refractivity contribution in [3.8, 4) is 0 Å². The van der Waals surface area contributed by atoms with E-state index in [1.54, 1.807) is 13.8 Å². The van der Waals surface area contributed by atoms with Gasteiger partial charge in [0, 0.05) is 58.3 Å². The van der Waals surface area contributed by atoms with Crippen LogP contribution in [0.4, 0.5) is 23.7 Å². The van der Waals surface area contributed by atoms with E-state index in [-0.39, 0.29) is 44.1 Å². The van der Waals surface area contributed by atoms with Gasteiger partial charge in [-0.1, -0.05) is 19.9 Å². The van der Waals surface area contributed by atoms with E-state index in [0.29, 0.717) is 25.2 Å². The Morgan fingerprint density at radius 3 is 2.31 bits per heavy atom. The number of ether oxygens (including phenoxy) is 2. The molecule has 1 unspecified atom stereocenters. The number of carbonyl (C=O) groups excluding carboxylic acids is 3. The Morgan fingerprint density at radius 2 is 1.74 bits per heavy atom. The second kappa shape index (κ2) is 12.6. The average Bonchev–Trinajstić information content (AvgIpc) is 2.77. The Morgan fingerprint density at radius 1 is 1.09 bits per heavy atom. The highest BCUT2D eigenvalue weighted by molar-refractivity contribution is 5.72. The maximum Gasteiger partial charge on any atom is 0.416 e. The summed E-state index contributed by atoms with van der Waals surface area (Å²) in [7, 11) is 0. The van der Waals surface area contributed by atoms with Crippen LogP contribution < -0.4 is 10.4 Å². The van der Waals surface area contributed by atoms with Crippen molar-refractivity contribution in [3.63, 3.8) is 0 Å². The first-order valence-corrected chi connectivity index (χ1v) is 11.4. The molecule has 12 heteroatoms. The molecule has 0 saturated carbocycles. The summed E-state index contributed by atoms with van der Waals surface area (Å²) in [6.45, 7) is 6.66. The van der Waals surface area contributed by atoms with E-state index in [1.807, 2.05) is 4.90 Å². The van der Waals surface area contributed by atoms with Gasteiger partial charge in [-0.15, -0.1) is 0 Å². The predicted octanol–water partition coefficient (Wildman–Crippen LogP) is 2.45. The molecule has 196 valence electrons. The van der Waals surface area contributed by atoms with Crippen molar-refractivity contribution in [1.82, 2.24) is 9.80 Å². The summed E-state index contributed by atoms with van der Waals surface area (Å²) in [5, 5.41) is 13.9. The van der Waals surface area contributed by atoms with E-state index >= 15 is 0 Å². The van der Waals surface area contributed by atoms with Crippen LogP contribution in [0.3, 0.4) is 0 Å². The van der Waals surface area contributed by atoms with Gasteiger partial charge in [0.2, 0.25) is 6.29 Å². The van der Waals surface area contributed by atoms with Gasteiger partial charge in [0.05, 0.1) is 11.5 Å². The van der Waals surface area contributed by atoms with Crippen LogP contribution in [0.1, 0.15) is 44.7 Å². The number of alkyl halides is 3. The summed E-state index contributed by atoms with van der Waals surface area (Å²) in [4.78, 5) is 37.6. The third-order valence-electron chi connectivity index (χ3n) is 5.39.